The average Bonchev–Trinajstić information content (AvgIpc) is 2.73. The van der Waals surface area contributed by atoms with Gasteiger partial charge in [0.05, 0.1) is 17.7 Å². The van der Waals surface area contributed by atoms with Crippen LogP contribution in [0, 0.1) is 0 Å². The van der Waals surface area contributed by atoms with Crippen molar-refractivity contribution in [2.45, 2.75) is 4.90 Å². The molecule has 0 aromatic heterocycles. The largest absolute Gasteiger partial charge is 0.495 e. The quantitative estimate of drug-likeness (QED) is 0.575. The van der Waals surface area contributed by atoms with Crippen molar-refractivity contribution in [3.8, 4) is 5.75 Å². The number of sulfonamides is 1. The van der Waals surface area contributed by atoms with Gasteiger partial charge in [-0.2, -0.15) is 0 Å². The van der Waals surface area contributed by atoms with Gasteiger partial charge < -0.3 is 10.1 Å². The lowest BCUT2D eigenvalue weighted by molar-refractivity contribution is -0.111. The third-order valence-corrected chi connectivity index (χ3v) is 5.35. The molecule has 0 saturated carbocycles. The topological polar surface area (TPSA) is 84.5 Å². The maximum atomic E-state index is 12.7. The van der Waals surface area contributed by atoms with Gasteiger partial charge in [-0.05, 0) is 42.0 Å². The maximum Gasteiger partial charge on any atom is 0.262 e. The monoisotopic (exact) mass is 408 g/mol. The standard InChI is InChI=1S/C22H20N2O4S/c1-28-21-13-6-5-12-20(21)24-29(26,27)19-11-7-10-18(16-19)23-22(25)15-14-17-8-3-2-4-9-17/h2-16,24H,1H3,(H,23,25)/b15-14+. The summed E-state index contributed by atoms with van der Waals surface area (Å²) in [5.74, 6) is 0.0488. The minimum Gasteiger partial charge on any atom is -0.495 e. The minimum absolute atomic E-state index is 0.0215. The number of anilines is 2. The van der Waals surface area contributed by atoms with Gasteiger partial charge >= 0.3 is 0 Å². The Kier molecular flexibility index (Phi) is 6.31. The van der Waals surface area contributed by atoms with E-state index in [0.29, 0.717) is 17.1 Å². The first-order chi connectivity index (χ1) is 14.0. The molecule has 0 atom stereocenters. The Morgan fingerprint density at radius 2 is 1.66 bits per heavy atom. The van der Waals surface area contributed by atoms with Crippen LogP contribution < -0.4 is 14.8 Å². The molecular weight excluding hydrogens is 388 g/mol. The summed E-state index contributed by atoms with van der Waals surface area (Å²) in [5.41, 5.74) is 1.59. The first-order valence-electron chi connectivity index (χ1n) is 8.78. The number of benzene rings is 3. The molecule has 7 heteroatoms. The molecule has 0 heterocycles. The summed E-state index contributed by atoms with van der Waals surface area (Å²) in [6, 6.07) is 22.1. The SMILES string of the molecule is COc1ccccc1NS(=O)(=O)c1cccc(NC(=O)/C=C/c2ccccc2)c1. The summed E-state index contributed by atoms with van der Waals surface area (Å²) in [7, 11) is -2.39. The molecule has 1 amide bonds. The summed E-state index contributed by atoms with van der Waals surface area (Å²) >= 11 is 0. The van der Waals surface area contributed by atoms with E-state index in [-0.39, 0.29) is 10.8 Å². The van der Waals surface area contributed by atoms with Crippen LogP contribution in [0.3, 0.4) is 0 Å². The molecule has 0 unspecified atom stereocenters. The molecule has 0 spiro atoms. The van der Waals surface area contributed by atoms with Crippen LogP contribution in [0.15, 0.2) is 89.8 Å². The van der Waals surface area contributed by atoms with Crippen LogP contribution in [-0.4, -0.2) is 21.4 Å². The number of nitrogens with one attached hydrogen (secondary N) is 2. The first-order valence-corrected chi connectivity index (χ1v) is 10.3. The number of hydrogen-bond acceptors (Lipinski definition) is 4. The highest BCUT2D eigenvalue weighted by Crippen LogP contribution is 2.26. The minimum atomic E-state index is -3.86. The average molecular weight is 408 g/mol. The molecule has 148 valence electrons. The number of rotatable bonds is 7. The van der Waals surface area contributed by atoms with Gasteiger partial charge in [0, 0.05) is 11.8 Å². The van der Waals surface area contributed by atoms with E-state index in [4.69, 9.17) is 4.74 Å². The normalized spacial score (nSPS) is 11.2. The van der Waals surface area contributed by atoms with Crippen LogP contribution >= 0.6 is 0 Å². The van der Waals surface area contributed by atoms with Gasteiger partial charge in [0.2, 0.25) is 5.91 Å². The Bertz CT molecular complexity index is 1130. The third kappa shape index (κ3) is 5.46. The van der Waals surface area contributed by atoms with Gasteiger partial charge in [-0.3, -0.25) is 9.52 Å². The molecule has 2 N–H and O–H groups in total. The second-order valence-corrected chi connectivity index (χ2v) is 7.75. The fraction of sp³-hybridized carbons (Fsp3) is 0.0455. The Hall–Kier alpha value is -3.58. The zero-order valence-corrected chi connectivity index (χ0v) is 16.5. The zero-order chi connectivity index (χ0) is 20.7. The predicted octanol–water partition coefficient (Wildman–Crippen LogP) is 4.15. The Labute approximate surface area is 169 Å². The lowest BCUT2D eigenvalue weighted by Gasteiger charge is -2.12. The van der Waals surface area contributed by atoms with Gasteiger partial charge in [-0.1, -0.05) is 48.5 Å². The van der Waals surface area contributed by atoms with Gasteiger partial charge in [0.15, 0.2) is 0 Å². The van der Waals surface area contributed by atoms with Crippen LogP contribution in [0.2, 0.25) is 0 Å². The van der Waals surface area contributed by atoms with Crippen molar-refractivity contribution < 1.29 is 17.9 Å². The van der Waals surface area contributed by atoms with E-state index in [9.17, 15) is 13.2 Å². The molecule has 3 rings (SSSR count). The highest BCUT2D eigenvalue weighted by molar-refractivity contribution is 7.92. The number of amides is 1. The van der Waals surface area contributed by atoms with E-state index in [1.165, 1.54) is 25.3 Å². The fourth-order valence-corrected chi connectivity index (χ4v) is 3.71. The molecule has 6 nitrogen and oxygen atoms in total. The number of methoxy groups -OCH3 is 1. The van der Waals surface area contributed by atoms with Crippen molar-refractivity contribution in [3.05, 3.63) is 90.5 Å². The van der Waals surface area contributed by atoms with Gasteiger partial charge in [0.1, 0.15) is 5.75 Å². The second-order valence-electron chi connectivity index (χ2n) is 6.07. The summed E-state index contributed by atoms with van der Waals surface area (Å²) in [5, 5.41) is 2.67. The van der Waals surface area contributed by atoms with Crippen molar-refractivity contribution in [1.29, 1.82) is 0 Å². The summed E-state index contributed by atoms with van der Waals surface area (Å²) < 4.78 is 33.1. The van der Waals surface area contributed by atoms with Crippen LogP contribution in [0.1, 0.15) is 5.56 Å². The zero-order valence-electron chi connectivity index (χ0n) is 15.7. The Morgan fingerprint density at radius 3 is 2.41 bits per heavy atom. The number of ether oxygens (including phenoxy) is 1. The highest BCUT2D eigenvalue weighted by Gasteiger charge is 2.17. The molecule has 0 aliphatic heterocycles. The number of hydrogen-bond donors (Lipinski definition) is 2. The van der Waals surface area contributed by atoms with Crippen LogP contribution in [0.5, 0.6) is 5.75 Å². The molecule has 0 saturated heterocycles. The van der Waals surface area contributed by atoms with Gasteiger partial charge in [-0.15, -0.1) is 0 Å². The van der Waals surface area contributed by atoms with Crippen molar-refractivity contribution in [3.63, 3.8) is 0 Å². The third-order valence-electron chi connectivity index (χ3n) is 3.99. The highest BCUT2D eigenvalue weighted by atomic mass is 32.2. The van der Waals surface area contributed by atoms with E-state index < -0.39 is 10.0 Å². The molecule has 0 radical (unpaired) electrons. The van der Waals surface area contributed by atoms with E-state index in [0.717, 1.165) is 5.56 Å². The fourth-order valence-electron chi connectivity index (χ4n) is 2.59. The predicted molar refractivity (Wildman–Crippen MR) is 114 cm³/mol. The summed E-state index contributed by atoms with van der Waals surface area (Å²) in [6.07, 6.45) is 3.07. The Morgan fingerprint density at radius 1 is 0.931 bits per heavy atom. The van der Waals surface area contributed by atoms with Crippen molar-refractivity contribution in [1.82, 2.24) is 0 Å². The molecule has 3 aromatic rings. The van der Waals surface area contributed by atoms with Crippen molar-refractivity contribution in [2.24, 2.45) is 0 Å². The van der Waals surface area contributed by atoms with E-state index >= 15 is 0 Å². The van der Waals surface area contributed by atoms with Gasteiger partial charge in [-0.25, -0.2) is 8.42 Å². The molecule has 3 aromatic carbocycles. The van der Waals surface area contributed by atoms with Crippen molar-refractivity contribution in [2.75, 3.05) is 17.1 Å². The first kappa shape index (κ1) is 20.2. The lowest BCUT2D eigenvalue weighted by Crippen LogP contribution is -2.14. The second kappa shape index (κ2) is 9.07. The maximum absolute atomic E-state index is 12.7. The summed E-state index contributed by atoms with van der Waals surface area (Å²) in [6.45, 7) is 0. The molecule has 0 aliphatic carbocycles. The number of para-hydroxylation sites is 2. The van der Waals surface area contributed by atoms with Crippen LogP contribution in [-0.2, 0) is 14.8 Å². The molecule has 29 heavy (non-hydrogen) atoms. The smallest absolute Gasteiger partial charge is 0.262 e. The number of carbonyl (C=O) groups excluding carboxylic acids is 1. The summed E-state index contributed by atoms with van der Waals surface area (Å²) in [4.78, 5) is 12.2. The van der Waals surface area contributed by atoms with E-state index in [1.807, 2.05) is 30.3 Å². The van der Waals surface area contributed by atoms with Crippen molar-refractivity contribution >= 4 is 33.4 Å². The van der Waals surface area contributed by atoms with E-state index in [2.05, 4.69) is 10.0 Å². The molecular formula is C22H20N2O4S. The molecule has 0 fully saturated rings. The lowest BCUT2D eigenvalue weighted by atomic mass is 10.2. The Balaban J connectivity index is 1.74. The number of carbonyl (C=O) groups is 1. The van der Waals surface area contributed by atoms with Gasteiger partial charge in [0.25, 0.3) is 10.0 Å². The van der Waals surface area contributed by atoms with Crippen LogP contribution in [0.4, 0.5) is 11.4 Å². The molecule has 0 bridgehead atoms. The molecule has 0 aliphatic rings. The van der Waals surface area contributed by atoms with Crippen LogP contribution in [0.25, 0.3) is 6.08 Å². The van der Waals surface area contributed by atoms with E-state index in [1.54, 1.807) is 42.5 Å².